The second-order valence-electron chi connectivity index (χ2n) is 11.0. The number of rotatable bonds is 7. The minimum absolute atomic E-state index is 0.199. The molecule has 2 aromatic carbocycles. The number of ether oxygens (including phenoxy) is 1. The number of hydrogen-bond acceptors (Lipinski definition) is 6. The van der Waals surface area contributed by atoms with Crippen LogP contribution in [0.3, 0.4) is 0 Å². The second-order valence-corrected chi connectivity index (χ2v) is 11.8. The molecule has 0 saturated carbocycles. The van der Waals surface area contributed by atoms with Crippen LogP contribution in [-0.4, -0.2) is 46.4 Å². The van der Waals surface area contributed by atoms with Gasteiger partial charge in [-0.25, -0.2) is 9.78 Å². The molecule has 3 amide bonds. The summed E-state index contributed by atoms with van der Waals surface area (Å²) in [7, 11) is 0. The van der Waals surface area contributed by atoms with E-state index in [1.54, 1.807) is 40.5 Å². The minimum atomic E-state index is -0.859. The van der Waals surface area contributed by atoms with Gasteiger partial charge in [-0.3, -0.25) is 9.59 Å². The molecule has 1 aliphatic heterocycles. The molecular formula is C30H36N4O4S. The first-order valence-corrected chi connectivity index (χ1v) is 14.1. The fourth-order valence-electron chi connectivity index (χ4n) is 4.76. The highest BCUT2D eigenvalue weighted by atomic mass is 32.1. The zero-order valence-corrected chi connectivity index (χ0v) is 23.9. The Kier molecular flexibility index (Phi) is 8.70. The maximum absolute atomic E-state index is 13.7. The van der Waals surface area contributed by atoms with Gasteiger partial charge >= 0.3 is 6.09 Å². The summed E-state index contributed by atoms with van der Waals surface area (Å²) < 4.78 is 5.36. The SMILES string of the molecule is Cc1ncsc1-c1ccc([C@H](C)NC(=O)[C@@H]2CCCN2C(=O)[C@@H](NC(=O)Oc2ccccc2)C(C)(C)C)cc1. The predicted molar refractivity (Wildman–Crippen MR) is 152 cm³/mol. The Morgan fingerprint density at radius 2 is 1.74 bits per heavy atom. The molecule has 9 heteroatoms. The summed E-state index contributed by atoms with van der Waals surface area (Å²) in [4.78, 5) is 46.7. The Bertz CT molecular complexity index is 1300. The third-order valence-corrected chi connectivity index (χ3v) is 7.92. The van der Waals surface area contributed by atoms with Crippen molar-refractivity contribution in [2.45, 2.75) is 65.6 Å². The van der Waals surface area contributed by atoms with Crippen molar-refractivity contribution >= 4 is 29.2 Å². The number of benzene rings is 2. The first kappa shape index (κ1) is 28.3. The van der Waals surface area contributed by atoms with E-state index in [-0.39, 0.29) is 17.9 Å². The van der Waals surface area contributed by atoms with E-state index in [0.29, 0.717) is 25.1 Å². The third-order valence-electron chi connectivity index (χ3n) is 6.94. The number of aryl methyl sites for hydroxylation is 1. The maximum Gasteiger partial charge on any atom is 0.413 e. The zero-order chi connectivity index (χ0) is 28.2. The summed E-state index contributed by atoms with van der Waals surface area (Å²) in [5.74, 6) is -0.102. The maximum atomic E-state index is 13.7. The standard InChI is InChI=1S/C30H36N4O4S/c1-19(21-13-15-22(16-14-21)25-20(2)31-18-39-25)32-27(35)24-12-9-17-34(24)28(36)26(30(3,4)5)33-29(37)38-23-10-7-6-8-11-23/h6-8,10-11,13-16,18-19,24,26H,9,12,17H2,1-5H3,(H,32,35)(H,33,37)/t19-,24-,26+/m0/s1. The number of nitrogens with one attached hydrogen (secondary N) is 2. The molecule has 2 heterocycles. The molecule has 8 nitrogen and oxygen atoms in total. The number of amides is 3. The van der Waals surface area contributed by atoms with Crippen LogP contribution in [-0.2, 0) is 9.59 Å². The van der Waals surface area contributed by atoms with Crippen molar-refractivity contribution in [2.24, 2.45) is 5.41 Å². The number of aromatic nitrogens is 1. The van der Waals surface area contributed by atoms with Crippen molar-refractivity contribution in [3.05, 3.63) is 71.4 Å². The van der Waals surface area contributed by atoms with Crippen LogP contribution >= 0.6 is 11.3 Å². The predicted octanol–water partition coefficient (Wildman–Crippen LogP) is 5.49. The number of thiazole rings is 1. The molecule has 1 fully saturated rings. The molecular weight excluding hydrogens is 512 g/mol. The fourth-order valence-corrected chi connectivity index (χ4v) is 5.57. The lowest BCUT2D eigenvalue weighted by Crippen LogP contribution is -2.58. The quantitative estimate of drug-likeness (QED) is 0.407. The monoisotopic (exact) mass is 548 g/mol. The number of hydrogen-bond donors (Lipinski definition) is 2. The van der Waals surface area contributed by atoms with E-state index >= 15 is 0 Å². The lowest BCUT2D eigenvalue weighted by Gasteiger charge is -2.35. The van der Waals surface area contributed by atoms with Gasteiger partial charge in [-0.05, 0) is 55.4 Å². The number of para-hydroxylation sites is 1. The number of likely N-dealkylation sites (tertiary alicyclic amines) is 1. The molecule has 0 radical (unpaired) electrons. The van der Waals surface area contributed by atoms with Crippen molar-refractivity contribution in [1.82, 2.24) is 20.5 Å². The van der Waals surface area contributed by atoms with Crippen LogP contribution in [0.5, 0.6) is 5.75 Å². The van der Waals surface area contributed by atoms with Crippen molar-refractivity contribution in [1.29, 1.82) is 0 Å². The van der Waals surface area contributed by atoms with Crippen LogP contribution in [0, 0.1) is 12.3 Å². The van der Waals surface area contributed by atoms with Crippen molar-refractivity contribution in [3.63, 3.8) is 0 Å². The van der Waals surface area contributed by atoms with Gasteiger partial charge in [0, 0.05) is 6.54 Å². The van der Waals surface area contributed by atoms with Crippen LogP contribution in [0.1, 0.15) is 57.8 Å². The molecule has 3 aromatic rings. The van der Waals surface area contributed by atoms with E-state index in [1.807, 2.05) is 70.5 Å². The van der Waals surface area contributed by atoms with Crippen molar-refractivity contribution < 1.29 is 19.1 Å². The van der Waals surface area contributed by atoms with Gasteiger partial charge < -0.3 is 20.3 Å². The normalized spacial score (nSPS) is 16.8. The summed E-state index contributed by atoms with van der Waals surface area (Å²) in [5, 5.41) is 5.83. The highest BCUT2D eigenvalue weighted by molar-refractivity contribution is 7.13. The average Bonchev–Trinajstić information content (AvgIpc) is 3.56. The van der Waals surface area contributed by atoms with E-state index in [4.69, 9.17) is 4.74 Å². The molecule has 3 atom stereocenters. The van der Waals surface area contributed by atoms with Crippen molar-refractivity contribution in [2.75, 3.05) is 6.54 Å². The Hall–Kier alpha value is -3.72. The van der Waals surface area contributed by atoms with Crippen LogP contribution in [0.4, 0.5) is 4.79 Å². The molecule has 0 aliphatic carbocycles. The average molecular weight is 549 g/mol. The number of carbonyl (C=O) groups is 3. The topological polar surface area (TPSA) is 101 Å². The van der Waals surface area contributed by atoms with Crippen LogP contribution < -0.4 is 15.4 Å². The van der Waals surface area contributed by atoms with Gasteiger partial charge in [-0.15, -0.1) is 11.3 Å². The van der Waals surface area contributed by atoms with E-state index in [2.05, 4.69) is 15.6 Å². The molecule has 206 valence electrons. The minimum Gasteiger partial charge on any atom is -0.410 e. The number of carbonyl (C=O) groups excluding carboxylic acids is 3. The molecule has 1 aromatic heterocycles. The van der Waals surface area contributed by atoms with E-state index < -0.39 is 23.6 Å². The lowest BCUT2D eigenvalue weighted by atomic mass is 9.85. The van der Waals surface area contributed by atoms with Gasteiger partial charge in [-0.2, -0.15) is 0 Å². The molecule has 1 saturated heterocycles. The molecule has 2 N–H and O–H groups in total. The Balaban J connectivity index is 1.41. The third kappa shape index (κ3) is 6.84. The van der Waals surface area contributed by atoms with Gasteiger partial charge in [0.15, 0.2) is 0 Å². The fraction of sp³-hybridized carbons (Fsp3) is 0.400. The van der Waals surface area contributed by atoms with Crippen LogP contribution in [0.2, 0.25) is 0 Å². The van der Waals surface area contributed by atoms with Gasteiger partial charge in [0.1, 0.15) is 17.8 Å². The largest absolute Gasteiger partial charge is 0.413 e. The van der Waals surface area contributed by atoms with E-state index in [9.17, 15) is 14.4 Å². The highest BCUT2D eigenvalue weighted by Crippen LogP contribution is 2.29. The summed E-state index contributed by atoms with van der Waals surface area (Å²) in [6.07, 6.45) is 0.575. The zero-order valence-electron chi connectivity index (χ0n) is 23.1. The summed E-state index contributed by atoms with van der Waals surface area (Å²) in [6.45, 7) is 10.0. The van der Waals surface area contributed by atoms with Gasteiger partial charge in [0.05, 0.1) is 22.1 Å². The smallest absolute Gasteiger partial charge is 0.410 e. The molecule has 4 rings (SSSR count). The second kappa shape index (κ2) is 12.0. The Labute approximate surface area is 233 Å². The van der Waals surface area contributed by atoms with Crippen LogP contribution in [0.25, 0.3) is 10.4 Å². The molecule has 0 bridgehead atoms. The van der Waals surface area contributed by atoms with Gasteiger partial charge in [0.2, 0.25) is 11.8 Å². The molecule has 0 unspecified atom stereocenters. The first-order chi connectivity index (χ1) is 18.5. The van der Waals surface area contributed by atoms with E-state index in [1.165, 1.54) is 0 Å². The number of nitrogens with zero attached hydrogens (tertiary/aromatic N) is 2. The first-order valence-electron chi connectivity index (χ1n) is 13.2. The summed E-state index contributed by atoms with van der Waals surface area (Å²) in [5.41, 5.74) is 4.31. The van der Waals surface area contributed by atoms with Crippen LogP contribution in [0.15, 0.2) is 60.1 Å². The Morgan fingerprint density at radius 1 is 1.05 bits per heavy atom. The lowest BCUT2D eigenvalue weighted by molar-refractivity contribution is -0.142. The van der Waals surface area contributed by atoms with Gasteiger partial charge in [-0.1, -0.05) is 63.2 Å². The Morgan fingerprint density at radius 3 is 2.36 bits per heavy atom. The summed E-state index contributed by atoms with van der Waals surface area (Å²) in [6, 6.07) is 15.1. The highest BCUT2D eigenvalue weighted by Gasteiger charge is 2.42. The van der Waals surface area contributed by atoms with Crippen molar-refractivity contribution in [3.8, 4) is 16.2 Å². The van der Waals surface area contributed by atoms with Gasteiger partial charge in [0.25, 0.3) is 0 Å². The molecule has 0 spiro atoms. The molecule has 1 aliphatic rings. The summed E-state index contributed by atoms with van der Waals surface area (Å²) >= 11 is 1.60. The molecule has 39 heavy (non-hydrogen) atoms. The van der Waals surface area contributed by atoms with E-state index in [0.717, 1.165) is 21.7 Å².